The fraction of sp³-hybridized carbons (Fsp3) is 0.143. The van der Waals surface area contributed by atoms with Gasteiger partial charge in [-0.25, -0.2) is 9.97 Å². The zero-order chi connectivity index (χ0) is 9.97. The molecule has 2 aromatic rings. The minimum absolute atomic E-state index is 0.227. The second-order valence-electron chi connectivity index (χ2n) is 2.39. The Morgan fingerprint density at radius 1 is 1.50 bits per heavy atom. The first kappa shape index (κ1) is 9.22. The lowest BCUT2D eigenvalue weighted by Gasteiger charge is -1.93. The Bertz CT molecular complexity index is 445. The van der Waals surface area contributed by atoms with Crippen molar-refractivity contribution < 1.29 is 9.63 Å². The van der Waals surface area contributed by atoms with E-state index in [1.54, 1.807) is 6.20 Å². The van der Waals surface area contributed by atoms with E-state index in [0.717, 1.165) is 0 Å². The van der Waals surface area contributed by atoms with Crippen molar-refractivity contribution >= 4 is 15.9 Å². The highest BCUT2D eigenvalue weighted by atomic mass is 79.9. The largest absolute Gasteiger partial charge is 0.388 e. The summed E-state index contributed by atoms with van der Waals surface area (Å²) in [5.41, 5.74) is 0.507. The Balaban J connectivity index is 2.44. The molecule has 1 N–H and O–H groups in total. The Labute approximate surface area is 87.1 Å². The predicted octanol–water partition coefficient (Wildman–Crippen LogP) is 0.781. The third-order valence-electron chi connectivity index (χ3n) is 1.48. The van der Waals surface area contributed by atoms with Crippen molar-refractivity contribution in [3.05, 3.63) is 22.8 Å². The molecule has 0 radical (unpaired) electrons. The second-order valence-corrected chi connectivity index (χ2v) is 3.25. The highest BCUT2D eigenvalue weighted by Gasteiger charge is 2.12. The first-order chi connectivity index (χ1) is 6.81. The SMILES string of the molecule is OCc1noc(-c2ncncc2Br)n1. The molecule has 0 amide bonds. The quantitative estimate of drug-likeness (QED) is 0.855. The van der Waals surface area contributed by atoms with E-state index in [1.165, 1.54) is 6.33 Å². The molecule has 14 heavy (non-hydrogen) atoms. The van der Waals surface area contributed by atoms with Gasteiger partial charge in [0.2, 0.25) is 0 Å². The molecule has 0 aromatic carbocycles. The number of rotatable bonds is 2. The summed E-state index contributed by atoms with van der Waals surface area (Å²) in [7, 11) is 0. The Morgan fingerprint density at radius 3 is 3.00 bits per heavy atom. The summed E-state index contributed by atoms with van der Waals surface area (Å²) >= 11 is 3.25. The van der Waals surface area contributed by atoms with Crippen LogP contribution in [0.1, 0.15) is 5.82 Å². The maximum Gasteiger partial charge on any atom is 0.277 e. The molecule has 0 aliphatic rings. The van der Waals surface area contributed by atoms with Gasteiger partial charge in [0.15, 0.2) is 5.82 Å². The molecule has 0 unspecified atom stereocenters. The zero-order valence-corrected chi connectivity index (χ0v) is 8.47. The number of aliphatic hydroxyl groups excluding tert-OH is 1. The van der Waals surface area contributed by atoms with Crippen molar-refractivity contribution in [2.75, 3.05) is 0 Å². The molecule has 0 saturated carbocycles. The van der Waals surface area contributed by atoms with Crippen LogP contribution in [0.25, 0.3) is 11.6 Å². The van der Waals surface area contributed by atoms with Gasteiger partial charge in [0.05, 0.1) is 4.47 Å². The minimum atomic E-state index is -0.258. The Kier molecular flexibility index (Phi) is 2.51. The average molecular weight is 257 g/mol. The fourth-order valence-electron chi connectivity index (χ4n) is 0.884. The smallest absolute Gasteiger partial charge is 0.277 e. The third kappa shape index (κ3) is 1.64. The molecule has 2 rings (SSSR count). The summed E-state index contributed by atoms with van der Waals surface area (Å²) in [4.78, 5) is 11.7. The van der Waals surface area contributed by atoms with Crippen LogP contribution in [0.4, 0.5) is 0 Å². The van der Waals surface area contributed by atoms with E-state index < -0.39 is 0 Å². The molecule has 2 aromatic heterocycles. The van der Waals surface area contributed by atoms with Gasteiger partial charge in [-0.05, 0) is 15.9 Å². The lowest BCUT2D eigenvalue weighted by molar-refractivity contribution is 0.264. The van der Waals surface area contributed by atoms with Gasteiger partial charge in [0, 0.05) is 6.20 Å². The normalized spacial score (nSPS) is 10.4. The van der Waals surface area contributed by atoms with Crippen LogP contribution in [-0.2, 0) is 6.61 Å². The summed E-state index contributed by atoms with van der Waals surface area (Å²) in [6.45, 7) is -0.258. The van der Waals surface area contributed by atoms with Gasteiger partial charge in [-0.2, -0.15) is 4.98 Å². The van der Waals surface area contributed by atoms with Crippen molar-refractivity contribution in [2.45, 2.75) is 6.61 Å². The molecule has 0 atom stereocenters. The molecule has 2 heterocycles. The summed E-state index contributed by atoms with van der Waals surface area (Å²) < 4.78 is 5.54. The summed E-state index contributed by atoms with van der Waals surface area (Å²) in [6, 6.07) is 0. The molecular formula is C7H5BrN4O2. The second kappa shape index (κ2) is 3.81. The van der Waals surface area contributed by atoms with Gasteiger partial charge in [-0.1, -0.05) is 5.16 Å². The maximum absolute atomic E-state index is 8.74. The summed E-state index contributed by atoms with van der Waals surface area (Å²) in [5.74, 6) is 0.480. The fourth-order valence-corrected chi connectivity index (χ4v) is 1.27. The van der Waals surface area contributed by atoms with Gasteiger partial charge in [-0.3, -0.25) is 0 Å². The highest BCUT2D eigenvalue weighted by Crippen LogP contribution is 2.22. The Hall–Kier alpha value is -1.34. The molecule has 6 nitrogen and oxygen atoms in total. The standard InChI is InChI=1S/C7H5BrN4O2/c8-4-1-9-3-10-6(4)7-11-5(2-13)12-14-7/h1,3,13H,2H2. The van der Waals surface area contributed by atoms with Gasteiger partial charge < -0.3 is 9.63 Å². The molecule has 0 spiro atoms. The number of hydrogen-bond acceptors (Lipinski definition) is 6. The van der Waals surface area contributed by atoms with E-state index in [9.17, 15) is 0 Å². The third-order valence-corrected chi connectivity index (χ3v) is 2.06. The van der Waals surface area contributed by atoms with Gasteiger partial charge >= 0.3 is 0 Å². The van der Waals surface area contributed by atoms with Crippen LogP contribution in [0.2, 0.25) is 0 Å². The van der Waals surface area contributed by atoms with E-state index in [0.29, 0.717) is 10.2 Å². The van der Waals surface area contributed by atoms with Crippen LogP contribution in [-0.4, -0.2) is 25.2 Å². The number of halogens is 1. The lowest BCUT2D eigenvalue weighted by atomic mass is 10.4. The van der Waals surface area contributed by atoms with Crippen molar-refractivity contribution in [3.63, 3.8) is 0 Å². The van der Waals surface area contributed by atoms with Crippen molar-refractivity contribution in [2.24, 2.45) is 0 Å². The molecule has 0 saturated heterocycles. The van der Waals surface area contributed by atoms with Crippen LogP contribution < -0.4 is 0 Å². The minimum Gasteiger partial charge on any atom is -0.388 e. The molecule has 0 aliphatic carbocycles. The van der Waals surface area contributed by atoms with Crippen molar-refractivity contribution in [3.8, 4) is 11.6 Å². The molecule has 0 aliphatic heterocycles. The number of nitrogens with zero attached hydrogens (tertiary/aromatic N) is 4. The van der Waals surface area contributed by atoms with Gasteiger partial charge in [-0.15, -0.1) is 0 Å². The predicted molar refractivity (Wildman–Crippen MR) is 48.9 cm³/mol. The van der Waals surface area contributed by atoms with Crippen LogP contribution in [0.5, 0.6) is 0 Å². The van der Waals surface area contributed by atoms with Crippen LogP contribution in [0, 0.1) is 0 Å². The van der Waals surface area contributed by atoms with E-state index in [-0.39, 0.29) is 18.3 Å². The number of aliphatic hydroxyl groups is 1. The molecule has 0 bridgehead atoms. The molecule has 7 heteroatoms. The van der Waals surface area contributed by atoms with Crippen molar-refractivity contribution in [1.82, 2.24) is 20.1 Å². The first-order valence-electron chi connectivity index (χ1n) is 3.70. The lowest BCUT2D eigenvalue weighted by Crippen LogP contribution is -1.88. The van der Waals surface area contributed by atoms with Crippen molar-refractivity contribution in [1.29, 1.82) is 0 Å². The number of aromatic nitrogens is 4. The molecule has 0 fully saturated rings. The molecular weight excluding hydrogens is 252 g/mol. The van der Waals surface area contributed by atoms with Gasteiger partial charge in [0.1, 0.15) is 18.6 Å². The monoisotopic (exact) mass is 256 g/mol. The zero-order valence-electron chi connectivity index (χ0n) is 6.88. The van der Waals surface area contributed by atoms with Crippen LogP contribution in [0.15, 0.2) is 21.5 Å². The molecule has 72 valence electrons. The Morgan fingerprint density at radius 2 is 2.36 bits per heavy atom. The summed E-state index contributed by atoms with van der Waals surface area (Å²) in [5, 5.41) is 12.3. The van der Waals surface area contributed by atoms with E-state index in [1.807, 2.05) is 0 Å². The van der Waals surface area contributed by atoms with E-state index >= 15 is 0 Å². The summed E-state index contributed by atoms with van der Waals surface area (Å²) in [6.07, 6.45) is 2.95. The highest BCUT2D eigenvalue weighted by molar-refractivity contribution is 9.10. The number of hydrogen-bond donors (Lipinski definition) is 1. The van der Waals surface area contributed by atoms with Crippen LogP contribution >= 0.6 is 15.9 Å². The van der Waals surface area contributed by atoms with Crippen LogP contribution in [0.3, 0.4) is 0 Å². The average Bonchev–Trinajstić information content (AvgIpc) is 2.67. The maximum atomic E-state index is 8.74. The van der Waals surface area contributed by atoms with Gasteiger partial charge in [0.25, 0.3) is 5.89 Å². The topological polar surface area (TPSA) is 84.9 Å². The van der Waals surface area contributed by atoms with E-state index in [4.69, 9.17) is 9.63 Å². The van der Waals surface area contributed by atoms with E-state index in [2.05, 4.69) is 36.0 Å². The first-order valence-corrected chi connectivity index (χ1v) is 4.50.